The van der Waals surface area contributed by atoms with Crippen LogP contribution in [0.1, 0.15) is 44.7 Å². The first-order chi connectivity index (χ1) is 11.6. The van der Waals surface area contributed by atoms with Crippen LogP contribution in [0.4, 0.5) is 11.6 Å². The smallest absolute Gasteiger partial charge is 0.247 e. The summed E-state index contributed by atoms with van der Waals surface area (Å²) in [5, 5.41) is 11.5. The zero-order valence-corrected chi connectivity index (χ0v) is 15.3. The summed E-state index contributed by atoms with van der Waals surface area (Å²) in [6, 6.07) is 7.59. The number of nitrogens with one attached hydrogen (secondary N) is 1. The lowest BCUT2D eigenvalue weighted by Crippen LogP contribution is -2.27. The largest absolute Gasteiger partial charge is 0.368 e. The Morgan fingerprint density at radius 3 is 2.58 bits per heavy atom. The van der Waals surface area contributed by atoms with Crippen LogP contribution in [0.25, 0.3) is 0 Å². The van der Waals surface area contributed by atoms with Crippen molar-refractivity contribution < 1.29 is 4.79 Å². The Morgan fingerprint density at radius 2 is 2.00 bits per heavy atom. The average molecular weight is 347 g/mol. The van der Waals surface area contributed by atoms with E-state index in [0.717, 1.165) is 12.1 Å². The van der Waals surface area contributed by atoms with Gasteiger partial charge in [0.15, 0.2) is 5.16 Å². The molecule has 1 aromatic carbocycles. The number of hydrogen-bond acceptors (Lipinski definition) is 5. The van der Waals surface area contributed by atoms with Crippen LogP contribution in [0.3, 0.4) is 0 Å². The molecule has 7 heteroatoms. The number of nitrogens with two attached hydrogens (primary N) is 1. The molecule has 3 N–H and O–H groups in total. The molecule has 1 aromatic heterocycles. The van der Waals surface area contributed by atoms with Crippen LogP contribution in [-0.2, 0) is 11.2 Å². The van der Waals surface area contributed by atoms with Crippen LogP contribution >= 0.6 is 11.8 Å². The van der Waals surface area contributed by atoms with E-state index >= 15 is 0 Å². The maximum atomic E-state index is 12.7. The minimum Gasteiger partial charge on any atom is -0.368 e. The fourth-order valence-corrected chi connectivity index (χ4v) is 3.11. The number of rotatable bonds is 8. The van der Waals surface area contributed by atoms with Gasteiger partial charge in [0.05, 0.1) is 0 Å². The number of amides is 1. The van der Waals surface area contributed by atoms with Crippen LogP contribution in [-0.4, -0.2) is 26.9 Å². The van der Waals surface area contributed by atoms with Crippen LogP contribution in [0.5, 0.6) is 0 Å². The SMILES string of the molecule is CCCCc1ccc(NC(=O)C(CC)n2c(N)nnc2SC)cc1. The topological polar surface area (TPSA) is 85.8 Å². The van der Waals surface area contributed by atoms with Gasteiger partial charge in [-0.05, 0) is 43.2 Å². The molecule has 0 spiro atoms. The molecule has 0 saturated heterocycles. The highest BCUT2D eigenvalue weighted by Crippen LogP contribution is 2.24. The number of nitrogens with zero attached hydrogens (tertiary/aromatic N) is 3. The van der Waals surface area contributed by atoms with Gasteiger partial charge < -0.3 is 11.1 Å². The first-order valence-electron chi connectivity index (χ1n) is 8.24. The maximum absolute atomic E-state index is 12.7. The summed E-state index contributed by atoms with van der Waals surface area (Å²) in [7, 11) is 0. The molecular formula is C17H25N5OS. The molecule has 0 radical (unpaired) electrons. The second kappa shape index (κ2) is 8.73. The highest BCUT2D eigenvalue weighted by molar-refractivity contribution is 7.98. The van der Waals surface area contributed by atoms with E-state index in [9.17, 15) is 4.79 Å². The van der Waals surface area contributed by atoms with Gasteiger partial charge in [0.25, 0.3) is 0 Å². The van der Waals surface area contributed by atoms with E-state index in [1.54, 1.807) is 4.57 Å². The average Bonchev–Trinajstić information content (AvgIpc) is 2.96. The number of carbonyl (C=O) groups excluding carboxylic acids is 1. The highest BCUT2D eigenvalue weighted by atomic mass is 32.2. The number of thioether (sulfide) groups is 1. The minimum atomic E-state index is -0.429. The van der Waals surface area contributed by atoms with Gasteiger partial charge in [-0.15, -0.1) is 10.2 Å². The summed E-state index contributed by atoms with van der Waals surface area (Å²) in [4.78, 5) is 12.7. The lowest BCUT2D eigenvalue weighted by Gasteiger charge is -2.18. The quantitative estimate of drug-likeness (QED) is 0.714. The zero-order valence-electron chi connectivity index (χ0n) is 14.5. The van der Waals surface area contributed by atoms with Crippen molar-refractivity contribution in [2.75, 3.05) is 17.3 Å². The summed E-state index contributed by atoms with van der Waals surface area (Å²) in [5.41, 5.74) is 7.96. The molecule has 130 valence electrons. The molecule has 24 heavy (non-hydrogen) atoms. The number of benzene rings is 1. The zero-order chi connectivity index (χ0) is 17.5. The van der Waals surface area contributed by atoms with E-state index in [1.165, 1.54) is 30.2 Å². The fourth-order valence-electron chi connectivity index (χ4n) is 2.57. The van der Waals surface area contributed by atoms with Gasteiger partial charge in [-0.2, -0.15) is 0 Å². The molecule has 0 saturated carbocycles. The van der Waals surface area contributed by atoms with Crippen molar-refractivity contribution in [3.63, 3.8) is 0 Å². The van der Waals surface area contributed by atoms with Gasteiger partial charge in [0.2, 0.25) is 11.9 Å². The third-order valence-corrected chi connectivity index (χ3v) is 4.56. The van der Waals surface area contributed by atoms with E-state index in [0.29, 0.717) is 11.6 Å². The summed E-state index contributed by atoms with van der Waals surface area (Å²) in [5.74, 6) is 0.150. The van der Waals surface area contributed by atoms with Gasteiger partial charge in [0.1, 0.15) is 6.04 Å². The van der Waals surface area contributed by atoms with E-state index < -0.39 is 6.04 Å². The van der Waals surface area contributed by atoms with Crippen molar-refractivity contribution in [2.45, 2.75) is 50.7 Å². The van der Waals surface area contributed by atoms with Crippen molar-refractivity contribution in [3.8, 4) is 0 Å². The number of aryl methyl sites for hydroxylation is 1. The summed E-state index contributed by atoms with van der Waals surface area (Å²) in [6.45, 7) is 4.13. The highest BCUT2D eigenvalue weighted by Gasteiger charge is 2.24. The number of hydrogen-bond donors (Lipinski definition) is 2. The molecule has 2 rings (SSSR count). The Morgan fingerprint density at radius 1 is 1.29 bits per heavy atom. The fraction of sp³-hybridized carbons (Fsp3) is 0.471. The van der Waals surface area contributed by atoms with Gasteiger partial charge in [-0.25, -0.2) is 0 Å². The van der Waals surface area contributed by atoms with Crippen LogP contribution < -0.4 is 11.1 Å². The van der Waals surface area contributed by atoms with Gasteiger partial charge >= 0.3 is 0 Å². The molecule has 0 aliphatic carbocycles. The Bertz CT molecular complexity index is 668. The standard InChI is InChI=1S/C17H25N5OS/c1-4-6-7-12-8-10-13(11-9-12)19-15(23)14(5-2)22-16(18)20-21-17(22)24-3/h8-11,14H,4-7H2,1-3H3,(H2,18,20)(H,19,23). The lowest BCUT2D eigenvalue weighted by atomic mass is 10.1. The third-order valence-electron chi connectivity index (χ3n) is 3.91. The molecule has 0 fully saturated rings. The Hall–Kier alpha value is -2.02. The van der Waals surface area contributed by atoms with Crippen LogP contribution in [0.2, 0.25) is 0 Å². The molecule has 0 bridgehead atoms. The molecule has 1 heterocycles. The lowest BCUT2D eigenvalue weighted by molar-refractivity contribution is -0.119. The van der Waals surface area contributed by atoms with E-state index in [4.69, 9.17) is 5.73 Å². The molecular weight excluding hydrogens is 322 g/mol. The van der Waals surface area contributed by atoms with Crippen molar-refractivity contribution in [2.24, 2.45) is 0 Å². The summed E-state index contributed by atoms with van der Waals surface area (Å²) >= 11 is 1.42. The Balaban J connectivity index is 2.10. The van der Waals surface area contributed by atoms with Gasteiger partial charge in [-0.3, -0.25) is 9.36 Å². The molecule has 1 atom stereocenters. The van der Waals surface area contributed by atoms with Gasteiger partial charge in [0, 0.05) is 5.69 Å². The number of unbranched alkanes of at least 4 members (excludes halogenated alkanes) is 1. The first-order valence-corrected chi connectivity index (χ1v) is 9.47. The number of aromatic nitrogens is 3. The number of carbonyl (C=O) groups is 1. The van der Waals surface area contributed by atoms with Crippen molar-refractivity contribution in [1.82, 2.24) is 14.8 Å². The van der Waals surface area contributed by atoms with E-state index in [1.807, 2.05) is 25.3 Å². The minimum absolute atomic E-state index is 0.111. The first kappa shape index (κ1) is 18.3. The number of anilines is 2. The predicted octanol–water partition coefficient (Wildman–Crippen LogP) is 3.51. The monoisotopic (exact) mass is 347 g/mol. The van der Waals surface area contributed by atoms with Crippen LogP contribution in [0.15, 0.2) is 29.4 Å². The molecule has 1 amide bonds. The Kier molecular flexibility index (Phi) is 6.66. The van der Waals surface area contributed by atoms with Gasteiger partial charge in [-0.1, -0.05) is 44.2 Å². The second-order valence-corrected chi connectivity index (χ2v) is 6.40. The molecule has 2 aromatic rings. The third kappa shape index (κ3) is 4.29. The summed E-state index contributed by atoms with van der Waals surface area (Å²) in [6.07, 6.45) is 5.91. The van der Waals surface area contributed by atoms with E-state index in [2.05, 4.69) is 34.6 Å². The van der Waals surface area contributed by atoms with Crippen molar-refractivity contribution in [1.29, 1.82) is 0 Å². The second-order valence-electron chi connectivity index (χ2n) is 5.63. The van der Waals surface area contributed by atoms with E-state index in [-0.39, 0.29) is 11.9 Å². The van der Waals surface area contributed by atoms with Crippen molar-refractivity contribution >= 4 is 29.3 Å². The van der Waals surface area contributed by atoms with Crippen molar-refractivity contribution in [3.05, 3.63) is 29.8 Å². The molecule has 6 nitrogen and oxygen atoms in total. The Labute approximate surface area is 147 Å². The predicted molar refractivity (Wildman–Crippen MR) is 99.2 cm³/mol. The van der Waals surface area contributed by atoms with Crippen LogP contribution in [0, 0.1) is 0 Å². The maximum Gasteiger partial charge on any atom is 0.247 e. The molecule has 0 aliphatic rings. The summed E-state index contributed by atoms with van der Waals surface area (Å²) < 4.78 is 1.69. The molecule has 0 aliphatic heterocycles. The number of nitrogen functional groups attached to an aromatic ring is 1. The molecule has 1 unspecified atom stereocenters. The normalized spacial score (nSPS) is 12.1.